The lowest BCUT2D eigenvalue weighted by Gasteiger charge is -2.30. The summed E-state index contributed by atoms with van der Waals surface area (Å²) in [6.45, 7) is 4.51. The minimum absolute atomic E-state index is 0.184. The number of likely N-dealkylation sites (tertiary alicyclic amines) is 1. The maximum atomic E-state index is 12.7. The molecule has 120 valence electrons. The molecular formula is C16H24N4O2. The Kier molecular flexibility index (Phi) is 4.90. The minimum atomic E-state index is 0.184. The molecule has 2 fully saturated rings. The Bertz CT molecular complexity index is 517. The Labute approximate surface area is 131 Å². The number of anilines is 1. The van der Waals surface area contributed by atoms with Gasteiger partial charge in [0, 0.05) is 32.9 Å². The van der Waals surface area contributed by atoms with Gasteiger partial charge in [-0.1, -0.05) is 0 Å². The third-order valence-electron chi connectivity index (χ3n) is 4.46. The summed E-state index contributed by atoms with van der Waals surface area (Å²) < 4.78 is 5.34. The van der Waals surface area contributed by atoms with Crippen molar-refractivity contribution in [3.05, 3.63) is 23.9 Å². The van der Waals surface area contributed by atoms with Crippen LogP contribution in [-0.2, 0) is 9.53 Å². The van der Waals surface area contributed by atoms with Crippen molar-refractivity contribution in [3.8, 4) is 0 Å². The van der Waals surface area contributed by atoms with Crippen LogP contribution in [0.2, 0.25) is 0 Å². The van der Waals surface area contributed by atoms with Gasteiger partial charge in [0.15, 0.2) is 0 Å². The number of rotatable bonds is 4. The first kappa shape index (κ1) is 15.2. The van der Waals surface area contributed by atoms with Gasteiger partial charge in [0.05, 0.1) is 25.8 Å². The van der Waals surface area contributed by atoms with Gasteiger partial charge in [-0.15, -0.1) is 0 Å². The fraction of sp³-hybridized carbons (Fsp3) is 0.625. The average Bonchev–Trinajstić information content (AvgIpc) is 3.05. The summed E-state index contributed by atoms with van der Waals surface area (Å²) in [4.78, 5) is 21.1. The second-order valence-electron chi connectivity index (χ2n) is 5.86. The van der Waals surface area contributed by atoms with E-state index >= 15 is 0 Å². The topological polar surface area (TPSA) is 57.7 Å². The summed E-state index contributed by atoms with van der Waals surface area (Å²) >= 11 is 0. The molecule has 0 aromatic carbocycles. The van der Waals surface area contributed by atoms with E-state index in [4.69, 9.17) is 4.74 Å². The van der Waals surface area contributed by atoms with E-state index in [9.17, 15) is 4.79 Å². The number of nitrogens with zero attached hydrogens (tertiary/aromatic N) is 3. The molecule has 3 rings (SSSR count). The molecule has 0 aliphatic carbocycles. The molecule has 1 N–H and O–H groups in total. The quantitative estimate of drug-likeness (QED) is 0.903. The number of carbonyl (C=O) groups excluding carboxylic acids is 1. The zero-order valence-electron chi connectivity index (χ0n) is 13.1. The standard InChI is InChI=1S/C16H24N4O2/c1-17-15-11-13(4-5-18-15)14-3-2-6-20(14)16(21)12-19-7-9-22-10-8-19/h4-5,11,14H,2-3,6-10,12H2,1H3,(H,17,18)/t14-/m0/s1. The second-order valence-corrected chi connectivity index (χ2v) is 5.86. The number of aromatic nitrogens is 1. The molecular weight excluding hydrogens is 280 g/mol. The van der Waals surface area contributed by atoms with Crippen molar-refractivity contribution in [1.82, 2.24) is 14.8 Å². The number of morpholine rings is 1. The van der Waals surface area contributed by atoms with Crippen LogP contribution < -0.4 is 5.32 Å². The van der Waals surface area contributed by atoms with Crippen LogP contribution in [0.15, 0.2) is 18.3 Å². The maximum Gasteiger partial charge on any atom is 0.237 e. The van der Waals surface area contributed by atoms with Gasteiger partial charge in [0.1, 0.15) is 5.82 Å². The zero-order chi connectivity index (χ0) is 15.4. The van der Waals surface area contributed by atoms with E-state index in [1.54, 1.807) is 0 Å². The Morgan fingerprint density at radius 2 is 2.23 bits per heavy atom. The predicted molar refractivity (Wildman–Crippen MR) is 84.7 cm³/mol. The van der Waals surface area contributed by atoms with Gasteiger partial charge in [-0.3, -0.25) is 9.69 Å². The molecule has 1 aromatic rings. The van der Waals surface area contributed by atoms with Crippen molar-refractivity contribution in [3.63, 3.8) is 0 Å². The number of amides is 1. The van der Waals surface area contributed by atoms with Crippen LogP contribution in [0.1, 0.15) is 24.4 Å². The third-order valence-corrected chi connectivity index (χ3v) is 4.46. The largest absolute Gasteiger partial charge is 0.379 e. The number of hydrogen-bond acceptors (Lipinski definition) is 5. The molecule has 2 aliphatic rings. The van der Waals surface area contributed by atoms with Gasteiger partial charge in [-0.25, -0.2) is 4.98 Å². The Balaban J connectivity index is 1.67. The van der Waals surface area contributed by atoms with Gasteiger partial charge in [-0.05, 0) is 30.5 Å². The van der Waals surface area contributed by atoms with Crippen LogP contribution in [-0.4, -0.2) is 67.1 Å². The van der Waals surface area contributed by atoms with E-state index in [1.807, 2.05) is 30.3 Å². The molecule has 0 bridgehead atoms. The molecule has 22 heavy (non-hydrogen) atoms. The number of hydrogen-bond donors (Lipinski definition) is 1. The van der Waals surface area contributed by atoms with Gasteiger partial charge in [0.25, 0.3) is 0 Å². The van der Waals surface area contributed by atoms with Crippen LogP contribution in [0.5, 0.6) is 0 Å². The highest BCUT2D eigenvalue weighted by Gasteiger charge is 2.31. The van der Waals surface area contributed by atoms with Crippen LogP contribution in [0, 0.1) is 0 Å². The molecule has 1 amide bonds. The summed E-state index contributed by atoms with van der Waals surface area (Å²) in [6.07, 6.45) is 3.91. The summed E-state index contributed by atoms with van der Waals surface area (Å²) in [5, 5.41) is 3.06. The number of ether oxygens (including phenoxy) is 1. The van der Waals surface area contributed by atoms with E-state index in [0.717, 1.165) is 51.5 Å². The van der Waals surface area contributed by atoms with Gasteiger partial charge < -0.3 is 15.0 Å². The highest BCUT2D eigenvalue weighted by Crippen LogP contribution is 2.32. The molecule has 0 spiro atoms. The Hall–Kier alpha value is -1.66. The van der Waals surface area contributed by atoms with Crippen LogP contribution in [0.4, 0.5) is 5.82 Å². The molecule has 2 aliphatic heterocycles. The van der Waals surface area contributed by atoms with Gasteiger partial charge in [0.2, 0.25) is 5.91 Å². The van der Waals surface area contributed by atoms with Crippen molar-refractivity contribution in [2.75, 3.05) is 51.8 Å². The zero-order valence-corrected chi connectivity index (χ0v) is 13.1. The lowest BCUT2D eigenvalue weighted by Crippen LogP contribution is -2.44. The number of carbonyl (C=O) groups is 1. The number of nitrogens with one attached hydrogen (secondary N) is 1. The molecule has 1 aromatic heterocycles. The normalized spacial score (nSPS) is 22.8. The van der Waals surface area contributed by atoms with Crippen molar-refractivity contribution in [2.24, 2.45) is 0 Å². The molecule has 0 radical (unpaired) electrons. The molecule has 2 saturated heterocycles. The average molecular weight is 304 g/mol. The summed E-state index contributed by atoms with van der Waals surface area (Å²) in [5.41, 5.74) is 1.17. The van der Waals surface area contributed by atoms with Crippen molar-refractivity contribution in [1.29, 1.82) is 0 Å². The van der Waals surface area contributed by atoms with E-state index in [2.05, 4.69) is 15.2 Å². The second kappa shape index (κ2) is 7.07. The van der Waals surface area contributed by atoms with E-state index in [-0.39, 0.29) is 11.9 Å². The highest BCUT2D eigenvalue weighted by molar-refractivity contribution is 5.79. The predicted octanol–water partition coefficient (Wildman–Crippen LogP) is 1.12. The first-order valence-corrected chi connectivity index (χ1v) is 8.01. The van der Waals surface area contributed by atoms with Crippen LogP contribution in [0.3, 0.4) is 0 Å². The third kappa shape index (κ3) is 3.39. The Morgan fingerprint density at radius 1 is 1.41 bits per heavy atom. The molecule has 3 heterocycles. The lowest BCUT2D eigenvalue weighted by atomic mass is 10.1. The molecule has 6 nitrogen and oxygen atoms in total. The summed E-state index contributed by atoms with van der Waals surface area (Å²) in [7, 11) is 1.86. The van der Waals surface area contributed by atoms with Crippen molar-refractivity contribution in [2.45, 2.75) is 18.9 Å². The minimum Gasteiger partial charge on any atom is -0.379 e. The van der Waals surface area contributed by atoms with Crippen LogP contribution in [0.25, 0.3) is 0 Å². The lowest BCUT2D eigenvalue weighted by molar-refractivity contribution is -0.134. The fourth-order valence-corrected chi connectivity index (χ4v) is 3.24. The Morgan fingerprint density at radius 3 is 3.00 bits per heavy atom. The first-order valence-electron chi connectivity index (χ1n) is 8.01. The molecule has 6 heteroatoms. The fourth-order valence-electron chi connectivity index (χ4n) is 3.24. The maximum absolute atomic E-state index is 12.7. The highest BCUT2D eigenvalue weighted by atomic mass is 16.5. The van der Waals surface area contributed by atoms with E-state index < -0.39 is 0 Å². The molecule has 0 unspecified atom stereocenters. The van der Waals surface area contributed by atoms with E-state index in [1.165, 1.54) is 5.56 Å². The van der Waals surface area contributed by atoms with Gasteiger partial charge >= 0.3 is 0 Å². The van der Waals surface area contributed by atoms with Crippen molar-refractivity contribution < 1.29 is 9.53 Å². The van der Waals surface area contributed by atoms with E-state index in [0.29, 0.717) is 6.54 Å². The first-order chi connectivity index (χ1) is 10.8. The van der Waals surface area contributed by atoms with Gasteiger partial charge in [-0.2, -0.15) is 0 Å². The number of pyridine rings is 1. The van der Waals surface area contributed by atoms with Crippen molar-refractivity contribution >= 4 is 11.7 Å². The smallest absolute Gasteiger partial charge is 0.237 e. The monoisotopic (exact) mass is 304 g/mol. The summed E-state index contributed by atoms with van der Waals surface area (Å²) in [6, 6.07) is 4.25. The molecule has 0 saturated carbocycles. The van der Waals surface area contributed by atoms with Crippen LogP contribution >= 0.6 is 0 Å². The summed E-state index contributed by atoms with van der Waals surface area (Å²) in [5.74, 6) is 1.08. The molecule has 1 atom stereocenters. The SMILES string of the molecule is CNc1cc([C@@H]2CCCN2C(=O)CN2CCOCC2)ccn1.